The number of benzene rings is 1. The smallest absolute Gasteiger partial charge is 0.219 e. The van der Waals surface area contributed by atoms with Crippen LogP contribution >= 0.6 is 22.6 Å². The largest absolute Gasteiger partial charge is 0.353 e. The van der Waals surface area contributed by atoms with Crippen LogP contribution in [0.15, 0.2) is 35.5 Å². The van der Waals surface area contributed by atoms with Crippen molar-refractivity contribution in [3.63, 3.8) is 0 Å². The molecular formula is C8H5FIN3O2S. The fourth-order valence-electron chi connectivity index (χ4n) is 1.11. The summed E-state index contributed by atoms with van der Waals surface area (Å²) in [4.78, 5) is 0. The summed E-state index contributed by atoms with van der Waals surface area (Å²) in [6, 6.07) is 7.13. The predicted molar refractivity (Wildman–Crippen MR) is 62.4 cm³/mol. The van der Waals surface area contributed by atoms with E-state index >= 15 is 0 Å². The first-order valence-corrected chi connectivity index (χ1v) is 6.56. The second-order valence-corrected chi connectivity index (χ2v) is 5.46. The number of aromatic nitrogens is 3. The Morgan fingerprint density at radius 3 is 2.69 bits per heavy atom. The van der Waals surface area contributed by atoms with E-state index in [2.05, 4.69) is 32.9 Å². The molecule has 0 spiro atoms. The quantitative estimate of drug-likeness (QED) is 0.607. The molecule has 16 heavy (non-hydrogen) atoms. The van der Waals surface area contributed by atoms with Gasteiger partial charge in [-0.15, -0.1) is 5.10 Å². The first-order chi connectivity index (χ1) is 7.47. The molecule has 0 saturated carbocycles. The molecule has 0 fully saturated rings. The van der Waals surface area contributed by atoms with E-state index in [1.807, 2.05) is 6.07 Å². The van der Waals surface area contributed by atoms with E-state index < -0.39 is 15.2 Å². The maximum atomic E-state index is 12.6. The van der Waals surface area contributed by atoms with Crippen molar-refractivity contribution in [1.29, 1.82) is 0 Å². The van der Waals surface area contributed by atoms with Gasteiger partial charge in [0.05, 0.1) is 11.9 Å². The summed E-state index contributed by atoms with van der Waals surface area (Å²) < 4.78 is 35.9. The Morgan fingerprint density at radius 2 is 2.12 bits per heavy atom. The molecule has 2 rings (SSSR count). The van der Waals surface area contributed by atoms with Crippen LogP contribution in [0, 0.1) is 3.57 Å². The van der Waals surface area contributed by atoms with E-state index in [4.69, 9.17) is 0 Å². The van der Waals surface area contributed by atoms with Gasteiger partial charge in [0.25, 0.3) is 0 Å². The van der Waals surface area contributed by atoms with Gasteiger partial charge in [0, 0.05) is 3.57 Å². The monoisotopic (exact) mass is 353 g/mol. The highest BCUT2D eigenvalue weighted by atomic mass is 127. The zero-order valence-electron chi connectivity index (χ0n) is 7.71. The number of rotatable bonds is 2. The number of hydrogen-bond acceptors (Lipinski definition) is 4. The van der Waals surface area contributed by atoms with Gasteiger partial charge in [-0.2, -0.15) is 8.42 Å². The fraction of sp³-hybridized carbons (Fsp3) is 0. The molecule has 5 nitrogen and oxygen atoms in total. The lowest BCUT2D eigenvalue weighted by Crippen LogP contribution is -1.94. The minimum Gasteiger partial charge on any atom is -0.219 e. The lowest BCUT2D eigenvalue weighted by atomic mass is 10.3. The van der Waals surface area contributed by atoms with Crippen LogP contribution in [0.3, 0.4) is 0 Å². The van der Waals surface area contributed by atoms with E-state index in [0.717, 1.165) is 9.77 Å². The molecule has 1 aromatic heterocycles. The summed E-state index contributed by atoms with van der Waals surface area (Å²) in [7, 11) is -4.80. The molecule has 0 atom stereocenters. The van der Waals surface area contributed by atoms with Crippen molar-refractivity contribution in [2.45, 2.75) is 5.03 Å². The molecule has 0 unspecified atom stereocenters. The van der Waals surface area contributed by atoms with Crippen LogP contribution in [0.1, 0.15) is 0 Å². The van der Waals surface area contributed by atoms with Gasteiger partial charge in [-0.05, 0) is 40.8 Å². The molecule has 0 aliphatic carbocycles. The van der Waals surface area contributed by atoms with Gasteiger partial charge < -0.3 is 0 Å². The van der Waals surface area contributed by atoms with Crippen LogP contribution in [0.25, 0.3) is 5.69 Å². The fourth-order valence-corrected chi connectivity index (χ4v) is 1.99. The summed E-state index contributed by atoms with van der Waals surface area (Å²) in [5.74, 6) is 0. The van der Waals surface area contributed by atoms with Crippen LogP contribution in [0.5, 0.6) is 0 Å². The normalized spacial score (nSPS) is 11.6. The molecule has 2 aromatic rings. The molecular weight excluding hydrogens is 348 g/mol. The van der Waals surface area contributed by atoms with E-state index in [9.17, 15) is 12.3 Å². The average molecular weight is 353 g/mol. The molecule has 0 aliphatic rings. The average Bonchev–Trinajstić information content (AvgIpc) is 2.65. The van der Waals surface area contributed by atoms with Crippen LogP contribution < -0.4 is 0 Å². The van der Waals surface area contributed by atoms with Crippen molar-refractivity contribution in [2.24, 2.45) is 0 Å². The highest BCUT2D eigenvalue weighted by Crippen LogP contribution is 2.14. The van der Waals surface area contributed by atoms with Crippen LogP contribution in [-0.4, -0.2) is 23.4 Å². The lowest BCUT2D eigenvalue weighted by Gasteiger charge is -1.98. The Hall–Kier alpha value is -1.03. The van der Waals surface area contributed by atoms with Gasteiger partial charge >= 0.3 is 10.2 Å². The van der Waals surface area contributed by atoms with Crippen molar-refractivity contribution in [1.82, 2.24) is 15.0 Å². The SMILES string of the molecule is O=S(=O)(F)c1cn(-c2cccc(I)c2)nn1. The number of nitrogens with zero attached hydrogens (tertiary/aromatic N) is 3. The van der Waals surface area contributed by atoms with Gasteiger partial charge in [-0.1, -0.05) is 15.2 Å². The zero-order valence-corrected chi connectivity index (χ0v) is 10.7. The molecule has 0 amide bonds. The van der Waals surface area contributed by atoms with Crippen LogP contribution in [0.2, 0.25) is 0 Å². The third-order valence-corrected chi connectivity index (χ3v) is 3.15. The first kappa shape index (κ1) is 11.5. The first-order valence-electron chi connectivity index (χ1n) is 4.10. The minimum absolute atomic E-state index is 0.620. The Balaban J connectivity index is 2.47. The highest BCUT2D eigenvalue weighted by Gasteiger charge is 2.17. The van der Waals surface area contributed by atoms with Crippen LogP contribution in [0.4, 0.5) is 3.89 Å². The van der Waals surface area contributed by atoms with E-state index in [1.54, 1.807) is 18.2 Å². The van der Waals surface area contributed by atoms with E-state index in [0.29, 0.717) is 5.69 Å². The van der Waals surface area contributed by atoms with Gasteiger partial charge in [-0.3, -0.25) is 0 Å². The molecule has 0 aliphatic heterocycles. The molecule has 0 radical (unpaired) electrons. The summed E-state index contributed by atoms with van der Waals surface area (Å²) >= 11 is 2.10. The summed E-state index contributed by atoms with van der Waals surface area (Å²) in [5, 5.41) is 6.09. The molecule has 84 valence electrons. The second-order valence-electron chi connectivity index (χ2n) is 2.92. The maximum Gasteiger partial charge on any atom is 0.353 e. The maximum absolute atomic E-state index is 12.6. The third kappa shape index (κ3) is 2.38. The molecule has 0 saturated heterocycles. The molecule has 1 heterocycles. The summed E-state index contributed by atoms with van der Waals surface area (Å²) in [6.07, 6.45) is 1.03. The standard InChI is InChI=1S/C8H5FIN3O2S/c9-16(14,15)8-5-13(12-11-8)7-3-1-2-6(10)4-7/h1-5H. The zero-order chi connectivity index (χ0) is 11.8. The molecule has 0 bridgehead atoms. The highest BCUT2D eigenvalue weighted by molar-refractivity contribution is 14.1. The lowest BCUT2D eigenvalue weighted by molar-refractivity contribution is 0.547. The number of hydrogen-bond donors (Lipinski definition) is 0. The Bertz CT molecular complexity index is 626. The number of halogens is 2. The van der Waals surface area contributed by atoms with E-state index in [-0.39, 0.29) is 0 Å². The minimum atomic E-state index is -4.80. The van der Waals surface area contributed by atoms with Crippen molar-refractivity contribution < 1.29 is 12.3 Å². The summed E-state index contributed by atoms with van der Waals surface area (Å²) in [5.41, 5.74) is 0.620. The van der Waals surface area contributed by atoms with Crippen molar-refractivity contribution in [2.75, 3.05) is 0 Å². The van der Waals surface area contributed by atoms with Gasteiger partial charge in [0.1, 0.15) is 0 Å². The Kier molecular flexibility index (Phi) is 2.93. The summed E-state index contributed by atoms with van der Waals surface area (Å²) in [6.45, 7) is 0. The van der Waals surface area contributed by atoms with E-state index in [1.165, 1.54) is 4.68 Å². The van der Waals surface area contributed by atoms with Crippen molar-refractivity contribution >= 4 is 32.8 Å². The third-order valence-electron chi connectivity index (χ3n) is 1.79. The Morgan fingerprint density at radius 1 is 1.38 bits per heavy atom. The van der Waals surface area contributed by atoms with Gasteiger partial charge in [0.15, 0.2) is 0 Å². The van der Waals surface area contributed by atoms with Crippen molar-refractivity contribution in [3.8, 4) is 5.69 Å². The van der Waals surface area contributed by atoms with Gasteiger partial charge in [0.2, 0.25) is 5.03 Å². The molecule has 8 heteroatoms. The predicted octanol–water partition coefficient (Wildman–Crippen LogP) is 1.53. The Labute approximate surface area is 105 Å². The topological polar surface area (TPSA) is 64.8 Å². The van der Waals surface area contributed by atoms with Gasteiger partial charge in [-0.25, -0.2) is 4.68 Å². The molecule has 1 aromatic carbocycles. The molecule has 0 N–H and O–H groups in total. The van der Waals surface area contributed by atoms with Crippen LogP contribution in [-0.2, 0) is 10.2 Å². The van der Waals surface area contributed by atoms with Crippen molar-refractivity contribution in [3.05, 3.63) is 34.0 Å². The second kappa shape index (κ2) is 4.09.